The van der Waals surface area contributed by atoms with E-state index in [2.05, 4.69) is 0 Å². The number of carbonyl (C=O) groups excluding carboxylic acids is 1. The molecule has 1 rings (SSSR count). The molecule has 6 heteroatoms. The fourth-order valence-electron chi connectivity index (χ4n) is 1.37. The van der Waals surface area contributed by atoms with Crippen molar-refractivity contribution in [2.45, 2.75) is 32.0 Å². The Kier molecular flexibility index (Phi) is 3.81. The van der Waals surface area contributed by atoms with Crippen molar-refractivity contribution in [1.82, 2.24) is 0 Å². The Hall–Kier alpha value is -1.43. The highest BCUT2D eigenvalue weighted by molar-refractivity contribution is 6.02. The predicted octanol–water partition coefficient (Wildman–Crippen LogP) is 3.15. The van der Waals surface area contributed by atoms with Crippen LogP contribution < -0.4 is 5.73 Å². The SMILES string of the molecule is CCC(C)(N)C(=O)c1ccc(F)c(C(F)(F)F)c1. The number of benzene rings is 1. The van der Waals surface area contributed by atoms with Crippen molar-refractivity contribution < 1.29 is 22.4 Å². The molecular formula is C12H13F4NO. The van der Waals surface area contributed by atoms with Crippen LogP contribution in [0.25, 0.3) is 0 Å². The van der Waals surface area contributed by atoms with Gasteiger partial charge in [-0.1, -0.05) is 6.92 Å². The van der Waals surface area contributed by atoms with Crippen molar-refractivity contribution in [3.8, 4) is 0 Å². The lowest BCUT2D eigenvalue weighted by atomic mass is 9.89. The number of ketones is 1. The molecule has 1 unspecified atom stereocenters. The number of alkyl halides is 3. The lowest BCUT2D eigenvalue weighted by Gasteiger charge is -2.21. The fraction of sp³-hybridized carbons (Fsp3) is 0.417. The Balaban J connectivity index is 3.26. The van der Waals surface area contributed by atoms with Crippen molar-refractivity contribution in [3.05, 3.63) is 35.1 Å². The molecule has 2 N–H and O–H groups in total. The number of halogens is 4. The van der Waals surface area contributed by atoms with Gasteiger partial charge in [0.2, 0.25) is 0 Å². The van der Waals surface area contributed by atoms with Crippen LogP contribution in [0.2, 0.25) is 0 Å². The third-order valence-electron chi connectivity index (χ3n) is 2.79. The zero-order valence-corrected chi connectivity index (χ0v) is 9.94. The van der Waals surface area contributed by atoms with E-state index in [9.17, 15) is 22.4 Å². The van der Waals surface area contributed by atoms with Crippen LogP contribution in [0.4, 0.5) is 17.6 Å². The van der Waals surface area contributed by atoms with E-state index in [-0.39, 0.29) is 12.0 Å². The lowest BCUT2D eigenvalue weighted by molar-refractivity contribution is -0.140. The predicted molar refractivity (Wildman–Crippen MR) is 58.6 cm³/mol. The Morgan fingerprint density at radius 3 is 2.33 bits per heavy atom. The summed E-state index contributed by atoms with van der Waals surface area (Å²) in [6, 6.07) is 2.13. The van der Waals surface area contributed by atoms with Crippen LogP contribution >= 0.6 is 0 Å². The van der Waals surface area contributed by atoms with Crippen LogP contribution in [0.5, 0.6) is 0 Å². The molecule has 0 aliphatic heterocycles. The average molecular weight is 263 g/mol. The van der Waals surface area contributed by atoms with E-state index in [1.54, 1.807) is 6.92 Å². The second kappa shape index (κ2) is 4.68. The zero-order chi connectivity index (χ0) is 14.1. The van der Waals surface area contributed by atoms with Gasteiger partial charge in [0.05, 0.1) is 11.1 Å². The molecule has 2 nitrogen and oxygen atoms in total. The van der Waals surface area contributed by atoms with E-state index in [0.717, 1.165) is 6.07 Å². The molecule has 0 spiro atoms. The van der Waals surface area contributed by atoms with Crippen LogP contribution in [-0.4, -0.2) is 11.3 Å². The van der Waals surface area contributed by atoms with Crippen molar-refractivity contribution >= 4 is 5.78 Å². The first kappa shape index (κ1) is 14.6. The molecule has 0 aromatic heterocycles. The standard InChI is InChI=1S/C12H13F4NO/c1-3-11(2,17)10(18)7-4-5-9(13)8(6-7)12(14,15)16/h4-6H,3,17H2,1-2H3. The second-order valence-corrected chi connectivity index (χ2v) is 4.29. The molecule has 0 bridgehead atoms. The van der Waals surface area contributed by atoms with Gasteiger partial charge >= 0.3 is 6.18 Å². The molecule has 0 amide bonds. The molecule has 100 valence electrons. The van der Waals surface area contributed by atoms with Gasteiger partial charge in [0, 0.05) is 5.56 Å². The van der Waals surface area contributed by atoms with E-state index in [1.807, 2.05) is 0 Å². The number of hydrogen-bond acceptors (Lipinski definition) is 2. The Labute approximate surface area is 102 Å². The zero-order valence-electron chi connectivity index (χ0n) is 9.94. The van der Waals surface area contributed by atoms with Gasteiger partial charge in [0.25, 0.3) is 0 Å². The van der Waals surface area contributed by atoms with Gasteiger partial charge in [-0.2, -0.15) is 13.2 Å². The number of nitrogens with two attached hydrogens (primary N) is 1. The topological polar surface area (TPSA) is 43.1 Å². The first-order valence-electron chi connectivity index (χ1n) is 5.30. The summed E-state index contributed by atoms with van der Waals surface area (Å²) < 4.78 is 50.5. The van der Waals surface area contributed by atoms with Gasteiger partial charge in [0.15, 0.2) is 5.78 Å². The number of carbonyl (C=O) groups is 1. The Morgan fingerprint density at radius 2 is 1.89 bits per heavy atom. The van der Waals surface area contributed by atoms with E-state index in [0.29, 0.717) is 12.1 Å². The smallest absolute Gasteiger partial charge is 0.319 e. The maximum atomic E-state index is 13.0. The molecular weight excluding hydrogens is 250 g/mol. The van der Waals surface area contributed by atoms with Crippen LogP contribution in [-0.2, 0) is 6.18 Å². The maximum absolute atomic E-state index is 13.0. The normalized spacial score (nSPS) is 15.3. The summed E-state index contributed by atoms with van der Waals surface area (Å²) in [5.74, 6) is -2.05. The molecule has 0 aliphatic rings. The number of rotatable bonds is 3. The molecule has 0 saturated heterocycles. The highest BCUT2D eigenvalue weighted by Gasteiger charge is 2.36. The van der Waals surface area contributed by atoms with Crippen molar-refractivity contribution in [1.29, 1.82) is 0 Å². The molecule has 1 aromatic rings. The summed E-state index contributed by atoms with van der Waals surface area (Å²) in [5, 5.41) is 0. The lowest BCUT2D eigenvalue weighted by Crippen LogP contribution is -2.44. The largest absolute Gasteiger partial charge is 0.419 e. The summed E-state index contributed by atoms with van der Waals surface area (Å²) >= 11 is 0. The first-order chi connectivity index (χ1) is 8.09. The maximum Gasteiger partial charge on any atom is 0.419 e. The molecule has 1 aromatic carbocycles. The highest BCUT2D eigenvalue weighted by atomic mass is 19.4. The summed E-state index contributed by atoms with van der Waals surface area (Å²) in [7, 11) is 0. The summed E-state index contributed by atoms with van der Waals surface area (Å²) in [6.45, 7) is 3.07. The van der Waals surface area contributed by atoms with Crippen LogP contribution in [0, 0.1) is 5.82 Å². The molecule has 0 heterocycles. The fourth-order valence-corrected chi connectivity index (χ4v) is 1.37. The number of hydrogen-bond donors (Lipinski definition) is 1. The minimum atomic E-state index is -4.84. The van der Waals surface area contributed by atoms with Gasteiger partial charge < -0.3 is 5.73 Å². The monoisotopic (exact) mass is 263 g/mol. The highest BCUT2D eigenvalue weighted by Crippen LogP contribution is 2.32. The quantitative estimate of drug-likeness (QED) is 0.672. The number of Topliss-reactive ketones (excluding diaryl/α,β-unsaturated/α-hetero) is 1. The van der Waals surface area contributed by atoms with E-state index in [1.165, 1.54) is 6.92 Å². The average Bonchev–Trinajstić information content (AvgIpc) is 2.27. The molecule has 18 heavy (non-hydrogen) atoms. The van der Waals surface area contributed by atoms with Gasteiger partial charge in [-0.3, -0.25) is 4.79 Å². The molecule has 0 aliphatic carbocycles. The molecule has 0 fully saturated rings. The minimum Gasteiger partial charge on any atom is -0.319 e. The molecule has 0 saturated carbocycles. The molecule has 0 radical (unpaired) electrons. The first-order valence-corrected chi connectivity index (χ1v) is 5.30. The second-order valence-electron chi connectivity index (χ2n) is 4.29. The van der Waals surface area contributed by atoms with Crippen LogP contribution in [0.3, 0.4) is 0 Å². The van der Waals surface area contributed by atoms with Gasteiger partial charge in [0.1, 0.15) is 5.82 Å². The van der Waals surface area contributed by atoms with E-state index >= 15 is 0 Å². The summed E-state index contributed by atoms with van der Waals surface area (Å²) in [4.78, 5) is 11.9. The van der Waals surface area contributed by atoms with Gasteiger partial charge in [-0.25, -0.2) is 4.39 Å². The van der Waals surface area contributed by atoms with Crippen LogP contribution in [0.1, 0.15) is 36.2 Å². The molecule has 1 atom stereocenters. The van der Waals surface area contributed by atoms with Crippen molar-refractivity contribution in [2.75, 3.05) is 0 Å². The Bertz CT molecular complexity index is 466. The van der Waals surface area contributed by atoms with Crippen molar-refractivity contribution in [2.24, 2.45) is 5.73 Å². The van der Waals surface area contributed by atoms with Crippen molar-refractivity contribution in [3.63, 3.8) is 0 Å². The van der Waals surface area contributed by atoms with E-state index in [4.69, 9.17) is 5.73 Å². The van der Waals surface area contributed by atoms with E-state index < -0.39 is 28.9 Å². The minimum absolute atomic E-state index is 0.240. The van der Waals surface area contributed by atoms with Gasteiger partial charge in [-0.15, -0.1) is 0 Å². The van der Waals surface area contributed by atoms with Gasteiger partial charge in [-0.05, 0) is 31.5 Å². The van der Waals surface area contributed by atoms with Crippen LogP contribution in [0.15, 0.2) is 18.2 Å². The Morgan fingerprint density at radius 1 is 1.33 bits per heavy atom. The third kappa shape index (κ3) is 2.87. The summed E-state index contributed by atoms with van der Waals surface area (Å²) in [5.41, 5.74) is 2.70. The third-order valence-corrected chi connectivity index (χ3v) is 2.79. The summed E-state index contributed by atoms with van der Waals surface area (Å²) in [6.07, 6.45) is -4.57.